The summed E-state index contributed by atoms with van der Waals surface area (Å²) in [7, 11) is 0. The second-order valence-corrected chi connectivity index (χ2v) is 14.8. The molecule has 0 radical (unpaired) electrons. The molecule has 0 heterocycles. The number of hydrogen-bond acceptors (Lipinski definition) is 0. The summed E-state index contributed by atoms with van der Waals surface area (Å²) in [5.74, 6) is 0.353. The fourth-order valence-corrected chi connectivity index (χ4v) is 9.29. The molecule has 11 rings (SSSR count). The lowest BCUT2D eigenvalue weighted by atomic mass is 9.84. The van der Waals surface area contributed by atoms with Gasteiger partial charge < -0.3 is 0 Å². The van der Waals surface area contributed by atoms with Crippen LogP contribution in [-0.4, -0.2) is 0 Å². The van der Waals surface area contributed by atoms with Crippen LogP contribution in [0.5, 0.6) is 0 Å². The highest BCUT2D eigenvalue weighted by molar-refractivity contribution is 5.92. The zero-order valence-corrected chi connectivity index (χ0v) is 29.8. The van der Waals surface area contributed by atoms with Crippen molar-refractivity contribution in [1.29, 1.82) is 0 Å². The molecule has 0 fully saturated rings. The number of fused-ring (bicyclic) bond motifs is 7. The second-order valence-electron chi connectivity index (χ2n) is 14.8. The molecule has 2 atom stereocenters. The zero-order chi connectivity index (χ0) is 35.6. The topological polar surface area (TPSA) is 0 Å². The Morgan fingerprint density at radius 1 is 0.222 bits per heavy atom. The third-order valence-electron chi connectivity index (χ3n) is 11.8. The predicted molar refractivity (Wildman–Crippen MR) is 226 cm³/mol. The molecule has 252 valence electrons. The van der Waals surface area contributed by atoms with Gasteiger partial charge in [0.2, 0.25) is 0 Å². The smallest absolute Gasteiger partial charge is 0.0352 e. The van der Waals surface area contributed by atoms with E-state index in [-0.39, 0.29) is 11.8 Å². The quantitative estimate of drug-likeness (QED) is 0.169. The maximum absolute atomic E-state index is 2.55. The van der Waals surface area contributed by atoms with E-state index in [1.54, 1.807) is 0 Å². The predicted octanol–water partition coefficient (Wildman–Crippen LogP) is 14.2. The van der Waals surface area contributed by atoms with Crippen LogP contribution in [0, 0.1) is 0 Å². The fraction of sp³-hybridized carbons (Fsp3) is 0.0370. The van der Waals surface area contributed by atoms with Gasteiger partial charge in [-0.25, -0.2) is 0 Å². The normalized spacial score (nSPS) is 15.0. The minimum atomic E-state index is 0.138. The molecular weight excluding hydrogens is 649 g/mol. The Kier molecular flexibility index (Phi) is 7.10. The lowest BCUT2D eigenvalue weighted by Gasteiger charge is -2.19. The maximum atomic E-state index is 2.55. The molecule has 0 aromatic heterocycles. The van der Waals surface area contributed by atoms with E-state index in [9.17, 15) is 0 Å². The number of hydrogen-bond donors (Lipinski definition) is 0. The van der Waals surface area contributed by atoms with Crippen molar-refractivity contribution in [2.75, 3.05) is 0 Å². The van der Waals surface area contributed by atoms with Gasteiger partial charge in [0.25, 0.3) is 0 Å². The highest BCUT2D eigenvalue weighted by Crippen LogP contribution is 2.55. The van der Waals surface area contributed by atoms with E-state index in [2.05, 4.69) is 206 Å². The highest BCUT2D eigenvalue weighted by Gasteiger charge is 2.36. The molecule has 0 saturated heterocycles. The molecule has 2 aliphatic carbocycles. The number of benzene rings is 9. The van der Waals surface area contributed by atoms with Crippen LogP contribution in [0.3, 0.4) is 0 Å². The van der Waals surface area contributed by atoms with Gasteiger partial charge in [0.15, 0.2) is 0 Å². The van der Waals surface area contributed by atoms with E-state index in [1.807, 2.05) is 0 Å². The first kappa shape index (κ1) is 30.8. The third-order valence-corrected chi connectivity index (χ3v) is 11.8. The van der Waals surface area contributed by atoms with Gasteiger partial charge >= 0.3 is 0 Å². The summed E-state index contributed by atoms with van der Waals surface area (Å²) < 4.78 is 0. The first-order chi connectivity index (χ1) is 26.8. The van der Waals surface area contributed by atoms with E-state index >= 15 is 0 Å². The summed E-state index contributed by atoms with van der Waals surface area (Å²) in [5.41, 5.74) is 21.0. The van der Waals surface area contributed by atoms with Crippen LogP contribution in [0.15, 0.2) is 206 Å². The van der Waals surface area contributed by atoms with E-state index in [0.29, 0.717) is 0 Å². The van der Waals surface area contributed by atoms with Crippen molar-refractivity contribution < 1.29 is 0 Å². The van der Waals surface area contributed by atoms with Crippen molar-refractivity contribution in [3.05, 3.63) is 240 Å². The van der Waals surface area contributed by atoms with Gasteiger partial charge in [-0.3, -0.25) is 0 Å². The van der Waals surface area contributed by atoms with Crippen LogP contribution >= 0.6 is 0 Å². The summed E-state index contributed by atoms with van der Waals surface area (Å²) >= 11 is 0. The second kappa shape index (κ2) is 12.4. The molecule has 0 saturated carbocycles. The Labute approximate surface area is 316 Å². The van der Waals surface area contributed by atoms with Crippen molar-refractivity contribution >= 4 is 10.8 Å². The molecule has 0 heteroatoms. The Morgan fingerprint density at radius 3 is 1.41 bits per heavy atom. The summed E-state index contributed by atoms with van der Waals surface area (Å²) in [5, 5.41) is 2.52. The summed E-state index contributed by atoms with van der Waals surface area (Å²) in [6.45, 7) is 0. The van der Waals surface area contributed by atoms with Crippen LogP contribution in [0.25, 0.3) is 66.4 Å². The molecule has 0 nitrogen and oxygen atoms in total. The molecule has 2 unspecified atom stereocenters. The van der Waals surface area contributed by atoms with Gasteiger partial charge in [-0.15, -0.1) is 0 Å². The Morgan fingerprint density at radius 2 is 0.722 bits per heavy atom. The van der Waals surface area contributed by atoms with Crippen LogP contribution < -0.4 is 0 Å². The molecule has 0 N–H and O–H groups in total. The van der Waals surface area contributed by atoms with Crippen LogP contribution in [0.1, 0.15) is 45.2 Å². The Hall–Kier alpha value is -6.76. The van der Waals surface area contributed by atoms with Gasteiger partial charge in [0.05, 0.1) is 0 Å². The van der Waals surface area contributed by atoms with Crippen LogP contribution in [-0.2, 0) is 0 Å². The van der Waals surface area contributed by atoms with Crippen molar-refractivity contribution in [1.82, 2.24) is 0 Å². The lowest BCUT2D eigenvalue weighted by molar-refractivity contribution is 0.982. The molecule has 9 aromatic carbocycles. The van der Waals surface area contributed by atoms with E-state index in [4.69, 9.17) is 0 Å². The Bertz CT molecular complexity index is 2880. The molecule has 2 aliphatic rings. The average Bonchev–Trinajstić information content (AvgIpc) is 3.75. The van der Waals surface area contributed by atoms with Crippen molar-refractivity contribution in [2.45, 2.75) is 11.8 Å². The van der Waals surface area contributed by atoms with E-state index < -0.39 is 0 Å². The van der Waals surface area contributed by atoms with Gasteiger partial charge in [-0.2, -0.15) is 0 Å². The van der Waals surface area contributed by atoms with Crippen molar-refractivity contribution in [3.8, 4) is 55.6 Å². The molecule has 9 aromatic rings. The number of rotatable bonds is 5. The Balaban J connectivity index is 1.07. The minimum absolute atomic E-state index is 0.138. The summed E-state index contributed by atoms with van der Waals surface area (Å²) in [6, 6.07) is 76.8. The van der Waals surface area contributed by atoms with Crippen molar-refractivity contribution in [2.24, 2.45) is 0 Å². The molecular formula is C54H36. The molecule has 54 heavy (non-hydrogen) atoms. The lowest BCUT2D eigenvalue weighted by Crippen LogP contribution is -2.03. The SMILES string of the molecule is c1ccc(-c2cc(-c3cccc(C4c5ccccc5-c5cc6c(cc54)C(c4ccccc4)c4ccccc4-6)c3)cc(-c3ccc4ccccc4c3)c2)cc1. The summed E-state index contributed by atoms with van der Waals surface area (Å²) in [4.78, 5) is 0. The van der Waals surface area contributed by atoms with Gasteiger partial charge in [0.1, 0.15) is 0 Å². The first-order valence-electron chi connectivity index (χ1n) is 19.0. The largest absolute Gasteiger partial charge is 0.0622 e. The van der Waals surface area contributed by atoms with Crippen molar-refractivity contribution in [3.63, 3.8) is 0 Å². The minimum Gasteiger partial charge on any atom is -0.0622 e. The zero-order valence-electron chi connectivity index (χ0n) is 29.8. The monoisotopic (exact) mass is 684 g/mol. The van der Waals surface area contributed by atoms with Crippen LogP contribution in [0.2, 0.25) is 0 Å². The van der Waals surface area contributed by atoms with Gasteiger partial charge in [-0.05, 0) is 130 Å². The molecule has 0 amide bonds. The fourth-order valence-electron chi connectivity index (χ4n) is 9.29. The van der Waals surface area contributed by atoms with Crippen LogP contribution in [0.4, 0.5) is 0 Å². The van der Waals surface area contributed by atoms with Gasteiger partial charge in [-0.1, -0.05) is 176 Å². The molecule has 0 bridgehead atoms. The molecule has 0 spiro atoms. The first-order valence-corrected chi connectivity index (χ1v) is 19.0. The average molecular weight is 685 g/mol. The maximum Gasteiger partial charge on any atom is 0.0352 e. The van der Waals surface area contributed by atoms with E-state index in [0.717, 1.165) is 0 Å². The standard InChI is InChI=1S/C54H36/c1-3-14-35(15-4-1)42-30-43(32-44(31-42)40-27-26-36-16-7-8-19-38(36)28-40)39-20-13-21-41(29-39)54-48-25-12-10-23-46(48)50-33-49-45-22-9-11-24-47(45)53(51(49)34-52(50)54)37-17-5-2-6-18-37/h1-34,53-54H. The molecule has 0 aliphatic heterocycles. The third kappa shape index (κ3) is 4.99. The highest BCUT2D eigenvalue weighted by atomic mass is 14.4. The summed E-state index contributed by atoms with van der Waals surface area (Å²) in [6.07, 6.45) is 0. The van der Waals surface area contributed by atoms with E-state index in [1.165, 1.54) is 99.8 Å². The van der Waals surface area contributed by atoms with Gasteiger partial charge in [0, 0.05) is 11.8 Å².